The van der Waals surface area contributed by atoms with Crippen LogP contribution in [-0.4, -0.2) is 25.1 Å². The fraction of sp³-hybridized carbons (Fsp3) is 0.333. The molecule has 1 aliphatic rings. The van der Waals surface area contributed by atoms with Crippen LogP contribution in [0.4, 0.5) is 5.69 Å². The number of esters is 1. The Kier molecular flexibility index (Phi) is 3.86. The Morgan fingerprint density at radius 1 is 1.56 bits per heavy atom. The topological polar surface area (TPSA) is 64.6 Å². The summed E-state index contributed by atoms with van der Waals surface area (Å²) in [6, 6.07) is 5.36. The maximum Gasteiger partial charge on any atom is 0.305 e. The van der Waals surface area contributed by atoms with Gasteiger partial charge in [0, 0.05) is 17.3 Å². The number of ether oxygens (including phenoxy) is 2. The number of anilines is 1. The van der Waals surface area contributed by atoms with Crippen LogP contribution in [0.2, 0.25) is 0 Å². The Balaban J connectivity index is 2.06. The van der Waals surface area contributed by atoms with Crippen molar-refractivity contribution in [1.82, 2.24) is 0 Å². The van der Waals surface area contributed by atoms with E-state index in [0.717, 1.165) is 4.47 Å². The molecule has 0 saturated carbocycles. The highest BCUT2D eigenvalue weighted by Gasteiger charge is 2.28. The molecular formula is C12H12BrNO4. The third-order valence-corrected chi connectivity index (χ3v) is 3.09. The van der Waals surface area contributed by atoms with Crippen molar-refractivity contribution >= 4 is 33.5 Å². The van der Waals surface area contributed by atoms with Crippen LogP contribution in [0.25, 0.3) is 0 Å². The van der Waals surface area contributed by atoms with Gasteiger partial charge in [-0.2, -0.15) is 0 Å². The van der Waals surface area contributed by atoms with Crippen molar-refractivity contribution in [3.05, 3.63) is 22.7 Å². The zero-order chi connectivity index (χ0) is 13.1. The molecule has 1 N–H and O–H groups in total. The molecule has 2 rings (SSSR count). The minimum absolute atomic E-state index is 0.153. The van der Waals surface area contributed by atoms with Gasteiger partial charge in [-0.25, -0.2) is 0 Å². The van der Waals surface area contributed by atoms with Crippen LogP contribution in [0, 0.1) is 0 Å². The Hall–Kier alpha value is -1.56. The first-order chi connectivity index (χ1) is 8.60. The lowest BCUT2D eigenvalue weighted by Crippen LogP contribution is -2.37. The van der Waals surface area contributed by atoms with Crippen LogP contribution in [0.1, 0.15) is 12.8 Å². The standard InChI is InChI=1S/C12H12BrNO4/c1-17-11(15)5-4-10-12(16)14-8-6-7(13)2-3-9(8)18-10/h2-3,6,10H,4-5H2,1H3,(H,14,16). The SMILES string of the molecule is COC(=O)CCC1Oc2ccc(Br)cc2NC1=O. The summed E-state index contributed by atoms with van der Waals surface area (Å²) in [5.74, 6) is 0.00479. The Labute approximate surface area is 113 Å². The minimum atomic E-state index is -0.655. The van der Waals surface area contributed by atoms with Crippen LogP contribution >= 0.6 is 15.9 Å². The molecule has 1 unspecified atom stereocenters. The predicted molar refractivity (Wildman–Crippen MR) is 68.4 cm³/mol. The van der Waals surface area contributed by atoms with Gasteiger partial charge in [-0.05, 0) is 18.2 Å². The van der Waals surface area contributed by atoms with Crippen LogP contribution < -0.4 is 10.1 Å². The van der Waals surface area contributed by atoms with Crippen molar-refractivity contribution in [2.75, 3.05) is 12.4 Å². The summed E-state index contributed by atoms with van der Waals surface area (Å²) in [5.41, 5.74) is 0.628. The minimum Gasteiger partial charge on any atom is -0.478 e. The van der Waals surface area contributed by atoms with E-state index in [0.29, 0.717) is 17.9 Å². The molecule has 6 heteroatoms. The Bertz CT molecular complexity index is 489. The van der Waals surface area contributed by atoms with Gasteiger partial charge in [0.15, 0.2) is 6.10 Å². The quantitative estimate of drug-likeness (QED) is 0.868. The monoisotopic (exact) mass is 313 g/mol. The molecule has 1 amide bonds. The van der Waals surface area contributed by atoms with Crippen LogP contribution in [0.15, 0.2) is 22.7 Å². The van der Waals surface area contributed by atoms with Gasteiger partial charge in [0.25, 0.3) is 5.91 Å². The number of fused-ring (bicyclic) bond motifs is 1. The largest absolute Gasteiger partial charge is 0.478 e. The van der Waals surface area contributed by atoms with E-state index in [1.54, 1.807) is 12.1 Å². The summed E-state index contributed by atoms with van der Waals surface area (Å²) in [6.07, 6.45) is -0.202. The molecule has 0 aromatic heterocycles. The number of carbonyl (C=O) groups is 2. The Morgan fingerprint density at radius 3 is 3.06 bits per heavy atom. The number of carbonyl (C=O) groups excluding carboxylic acids is 2. The molecule has 1 aromatic rings. The summed E-state index contributed by atoms with van der Waals surface area (Å²) in [4.78, 5) is 22.8. The van der Waals surface area contributed by atoms with E-state index in [2.05, 4.69) is 26.0 Å². The summed E-state index contributed by atoms with van der Waals surface area (Å²) < 4.78 is 10.9. The molecule has 0 aliphatic carbocycles. The Morgan fingerprint density at radius 2 is 2.33 bits per heavy atom. The molecule has 5 nitrogen and oxygen atoms in total. The van der Waals surface area contributed by atoms with Crippen molar-refractivity contribution < 1.29 is 19.1 Å². The fourth-order valence-corrected chi connectivity index (χ4v) is 2.02. The lowest BCUT2D eigenvalue weighted by Gasteiger charge is -2.25. The second-order valence-electron chi connectivity index (χ2n) is 3.85. The zero-order valence-corrected chi connectivity index (χ0v) is 11.3. The third-order valence-electron chi connectivity index (χ3n) is 2.60. The van der Waals surface area contributed by atoms with Crippen molar-refractivity contribution in [2.45, 2.75) is 18.9 Å². The van der Waals surface area contributed by atoms with Gasteiger partial charge in [0.05, 0.1) is 12.8 Å². The highest BCUT2D eigenvalue weighted by atomic mass is 79.9. The molecule has 1 aliphatic heterocycles. The maximum atomic E-state index is 11.8. The number of benzene rings is 1. The molecule has 0 saturated heterocycles. The van der Waals surface area contributed by atoms with E-state index in [9.17, 15) is 9.59 Å². The van der Waals surface area contributed by atoms with E-state index in [-0.39, 0.29) is 18.3 Å². The summed E-state index contributed by atoms with van der Waals surface area (Å²) in [5, 5.41) is 2.75. The van der Waals surface area contributed by atoms with Gasteiger partial charge in [-0.1, -0.05) is 15.9 Å². The number of rotatable bonds is 3. The summed E-state index contributed by atoms with van der Waals surface area (Å²) in [7, 11) is 1.32. The van der Waals surface area contributed by atoms with E-state index in [1.807, 2.05) is 6.07 Å². The van der Waals surface area contributed by atoms with Crippen LogP contribution in [0.5, 0.6) is 5.75 Å². The molecule has 0 fully saturated rings. The molecule has 1 atom stereocenters. The first-order valence-electron chi connectivity index (χ1n) is 5.44. The molecule has 96 valence electrons. The lowest BCUT2D eigenvalue weighted by atomic mass is 10.1. The first kappa shape index (κ1) is 12.9. The summed E-state index contributed by atoms with van der Waals surface area (Å²) >= 11 is 3.32. The molecule has 0 radical (unpaired) electrons. The highest BCUT2D eigenvalue weighted by molar-refractivity contribution is 9.10. The smallest absolute Gasteiger partial charge is 0.305 e. The van der Waals surface area contributed by atoms with Gasteiger partial charge in [0.2, 0.25) is 0 Å². The van der Waals surface area contributed by atoms with E-state index < -0.39 is 6.10 Å². The van der Waals surface area contributed by atoms with Gasteiger partial charge in [-0.3, -0.25) is 9.59 Å². The fourth-order valence-electron chi connectivity index (χ4n) is 1.66. The average molecular weight is 314 g/mol. The predicted octanol–water partition coefficient (Wildman–Crippen LogP) is 2.10. The average Bonchev–Trinajstić information content (AvgIpc) is 2.35. The number of halogens is 1. The van der Waals surface area contributed by atoms with Crippen molar-refractivity contribution in [3.8, 4) is 5.75 Å². The van der Waals surface area contributed by atoms with E-state index in [1.165, 1.54) is 7.11 Å². The van der Waals surface area contributed by atoms with Crippen LogP contribution in [0.3, 0.4) is 0 Å². The number of amides is 1. The zero-order valence-electron chi connectivity index (χ0n) is 9.73. The molecule has 18 heavy (non-hydrogen) atoms. The van der Waals surface area contributed by atoms with Gasteiger partial charge in [0.1, 0.15) is 5.75 Å². The third kappa shape index (κ3) is 2.81. The number of methoxy groups -OCH3 is 1. The molecule has 1 aromatic carbocycles. The number of nitrogens with one attached hydrogen (secondary N) is 1. The van der Waals surface area contributed by atoms with Gasteiger partial charge < -0.3 is 14.8 Å². The highest BCUT2D eigenvalue weighted by Crippen LogP contribution is 2.32. The second-order valence-corrected chi connectivity index (χ2v) is 4.77. The van der Waals surface area contributed by atoms with E-state index >= 15 is 0 Å². The van der Waals surface area contributed by atoms with Crippen molar-refractivity contribution in [2.24, 2.45) is 0 Å². The van der Waals surface area contributed by atoms with Crippen molar-refractivity contribution in [1.29, 1.82) is 0 Å². The number of hydrogen-bond donors (Lipinski definition) is 1. The number of hydrogen-bond acceptors (Lipinski definition) is 4. The van der Waals surface area contributed by atoms with Gasteiger partial charge >= 0.3 is 5.97 Å². The lowest BCUT2D eigenvalue weighted by molar-refractivity contribution is -0.141. The summed E-state index contributed by atoms with van der Waals surface area (Å²) in [6.45, 7) is 0. The van der Waals surface area contributed by atoms with Crippen LogP contribution in [-0.2, 0) is 14.3 Å². The molecule has 0 spiro atoms. The molecular weight excluding hydrogens is 302 g/mol. The second kappa shape index (κ2) is 5.39. The van der Waals surface area contributed by atoms with E-state index in [4.69, 9.17) is 4.74 Å². The maximum absolute atomic E-state index is 11.8. The molecule has 1 heterocycles. The first-order valence-corrected chi connectivity index (χ1v) is 6.23. The van der Waals surface area contributed by atoms with Gasteiger partial charge in [-0.15, -0.1) is 0 Å². The van der Waals surface area contributed by atoms with Crippen molar-refractivity contribution in [3.63, 3.8) is 0 Å². The molecule has 0 bridgehead atoms. The normalized spacial score (nSPS) is 17.4.